The van der Waals surface area contributed by atoms with Crippen molar-refractivity contribution in [2.75, 3.05) is 6.54 Å². The zero-order valence-electron chi connectivity index (χ0n) is 10.6. The second-order valence-corrected chi connectivity index (χ2v) is 5.06. The van der Waals surface area contributed by atoms with Gasteiger partial charge in [-0.15, -0.1) is 0 Å². The summed E-state index contributed by atoms with van der Waals surface area (Å²) in [5, 5.41) is 2.84. The van der Waals surface area contributed by atoms with Gasteiger partial charge in [0, 0.05) is 25.4 Å². The number of hydrogen-bond donors (Lipinski definition) is 1. The monoisotopic (exact) mass is 260 g/mol. The third-order valence-corrected chi connectivity index (χ3v) is 3.55. The fourth-order valence-corrected chi connectivity index (χ4v) is 2.34. The largest absolute Gasteiger partial charge is 0.344 e. The summed E-state index contributed by atoms with van der Waals surface area (Å²) < 4.78 is 0. The van der Waals surface area contributed by atoms with E-state index in [1.807, 2.05) is 0 Å². The lowest BCUT2D eigenvalue weighted by Crippen LogP contribution is -2.45. The molecule has 0 aromatic carbocycles. The summed E-state index contributed by atoms with van der Waals surface area (Å²) in [6.45, 7) is 0.810. The molecule has 0 radical (unpaired) electrons. The summed E-state index contributed by atoms with van der Waals surface area (Å²) in [5.41, 5.74) is 0. The predicted octanol–water partition coefficient (Wildman–Crippen LogP) is 0.104. The highest BCUT2D eigenvalue weighted by atomic mass is 16.2. The Balaban J connectivity index is 1.75. The van der Waals surface area contributed by atoms with E-state index < -0.39 is 0 Å². The molecule has 2 aliphatic rings. The van der Waals surface area contributed by atoms with Gasteiger partial charge in [-0.25, -0.2) is 9.97 Å². The first-order chi connectivity index (χ1) is 9.24. The van der Waals surface area contributed by atoms with E-state index in [1.54, 1.807) is 23.4 Å². The number of carbonyl (C=O) groups excluding carboxylic acids is 2. The lowest BCUT2D eigenvalue weighted by Gasteiger charge is -2.23. The summed E-state index contributed by atoms with van der Waals surface area (Å²) in [6.07, 6.45) is 5.71. The Morgan fingerprint density at radius 1 is 1.26 bits per heavy atom. The van der Waals surface area contributed by atoms with Crippen molar-refractivity contribution in [1.82, 2.24) is 20.2 Å². The Kier molecular flexibility index (Phi) is 3.15. The van der Waals surface area contributed by atoms with E-state index >= 15 is 0 Å². The third-order valence-electron chi connectivity index (χ3n) is 3.55. The number of nitrogens with zero attached hydrogens (tertiary/aromatic N) is 3. The van der Waals surface area contributed by atoms with Crippen molar-refractivity contribution in [2.45, 2.75) is 31.8 Å². The van der Waals surface area contributed by atoms with E-state index in [4.69, 9.17) is 0 Å². The first-order valence-electron chi connectivity index (χ1n) is 6.58. The van der Waals surface area contributed by atoms with Crippen molar-refractivity contribution < 1.29 is 9.59 Å². The van der Waals surface area contributed by atoms with Crippen LogP contribution in [0.15, 0.2) is 18.5 Å². The molecule has 0 bridgehead atoms. The van der Waals surface area contributed by atoms with Crippen LogP contribution in [0.5, 0.6) is 0 Å². The molecule has 6 heteroatoms. The van der Waals surface area contributed by atoms with E-state index in [1.165, 1.54) is 0 Å². The normalized spacial score (nSPS) is 24.0. The highest BCUT2D eigenvalue weighted by Crippen LogP contribution is 2.34. The number of hydrogen-bond acceptors (Lipinski definition) is 4. The van der Waals surface area contributed by atoms with E-state index in [0.717, 1.165) is 12.8 Å². The number of carbonyl (C=O) groups is 2. The number of aromatic nitrogens is 2. The molecule has 1 N–H and O–H groups in total. The molecule has 1 atom stereocenters. The van der Waals surface area contributed by atoms with E-state index in [2.05, 4.69) is 15.3 Å². The molecule has 0 spiro atoms. The van der Waals surface area contributed by atoms with Gasteiger partial charge < -0.3 is 10.2 Å². The van der Waals surface area contributed by atoms with Crippen LogP contribution in [-0.2, 0) is 16.1 Å². The molecule has 2 amide bonds. The molecule has 1 unspecified atom stereocenters. The second-order valence-electron chi connectivity index (χ2n) is 5.06. The molecule has 1 aliphatic heterocycles. The van der Waals surface area contributed by atoms with Crippen LogP contribution in [0.3, 0.4) is 0 Å². The van der Waals surface area contributed by atoms with Crippen molar-refractivity contribution in [3.05, 3.63) is 24.3 Å². The lowest BCUT2D eigenvalue weighted by molar-refractivity contribution is -0.134. The standard InChI is InChI=1S/C13H16N4O2/c18-11-4-7-17(8-10-14-5-1-6-15-10)13(19)12(16-11)9-2-3-9/h1,5-6,9,12H,2-4,7-8H2,(H,16,18). The molecule has 100 valence electrons. The first-order valence-corrected chi connectivity index (χ1v) is 6.58. The summed E-state index contributed by atoms with van der Waals surface area (Å²) in [4.78, 5) is 34.0. The van der Waals surface area contributed by atoms with Crippen LogP contribution in [-0.4, -0.2) is 39.3 Å². The number of nitrogens with one attached hydrogen (secondary N) is 1. The molecule has 3 rings (SSSR count). The van der Waals surface area contributed by atoms with Gasteiger partial charge in [0.1, 0.15) is 11.9 Å². The lowest BCUT2D eigenvalue weighted by atomic mass is 10.1. The molecule has 6 nitrogen and oxygen atoms in total. The minimum atomic E-state index is -0.348. The Morgan fingerprint density at radius 2 is 2.00 bits per heavy atom. The fourth-order valence-electron chi connectivity index (χ4n) is 2.34. The van der Waals surface area contributed by atoms with E-state index in [-0.39, 0.29) is 17.9 Å². The number of amides is 2. The maximum atomic E-state index is 12.4. The van der Waals surface area contributed by atoms with Crippen LogP contribution in [0.4, 0.5) is 0 Å². The molecule has 2 fully saturated rings. The average Bonchev–Trinajstić information content (AvgIpc) is 3.25. The van der Waals surface area contributed by atoms with E-state index in [9.17, 15) is 9.59 Å². The molecule has 1 saturated heterocycles. The predicted molar refractivity (Wildman–Crippen MR) is 66.7 cm³/mol. The smallest absolute Gasteiger partial charge is 0.245 e. The summed E-state index contributed by atoms with van der Waals surface area (Å²) in [6, 6.07) is 1.39. The van der Waals surface area contributed by atoms with Gasteiger partial charge in [0.15, 0.2) is 0 Å². The van der Waals surface area contributed by atoms with Crippen LogP contribution in [0.2, 0.25) is 0 Å². The minimum Gasteiger partial charge on any atom is -0.344 e. The van der Waals surface area contributed by atoms with E-state index in [0.29, 0.717) is 31.3 Å². The summed E-state index contributed by atoms with van der Waals surface area (Å²) in [5.74, 6) is 0.885. The van der Waals surface area contributed by atoms with Crippen molar-refractivity contribution >= 4 is 11.8 Å². The summed E-state index contributed by atoms with van der Waals surface area (Å²) >= 11 is 0. The van der Waals surface area contributed by atoms with Gasteiger partial charge in [0.05, 0.1) is 6.54 Å². The maximum Gasteiger partial charge on any atom is 0.245 e. The average molecular weight is 260 g/mol. The second kappa shape index (κ2) is 4.95. The molecule has 2 heterocycles. The van der Waals surface area contributed by atoms with Gasteiger partial charge in [-0.3, -0.25) is 9.59 Å². The molecular formula is C13H16N4O2. The van der Waals surface area contributed by atoms with Crippen LogP contribution in [0.25, 0.3) is 0 Å². The quantitative estimate of drug-likeness (QED) is 0.836. The highest BCUT2D eigenvalue weighted by molar-refractivity contribution is 5.90. The topological polar surface area (TPSA) is 75.2 Å². The van der Waals surface area contributed by atoms with Gasteiger partial charge in [-0.05, 0) is 24.8 Å². The van der Waals surface area contributed by atoms with Crippen LogP contribution in [0, 0.1) is 5.92 Å². The molecule has 1 aliphatic carbocycles. The van der Waals surface area contributed by atoms with Crippen molar-refractivity contribution in [1.29, 1.82) is 0 Å². The SMILES string of the molecule is O=C1CCN(Cc2ncccn2)C(=O)C(C2CC2)N1. The maximum absolute atomic E-state index is 12.4. The zero-order chi connectivity index (χ0) is 13.2. The number of rotatable bonds is 3. The first kappa shape index (κ1) is 12.1. The van der Waals surface area contributed by atoms with Gasteiger partial charge >= 0.3 is 0 Å². The van der Waals surface area contributed by atoms with Crippen molar-refractivity contribution in [3.63, 3.8) is 0 Å². The Labute approximate surface area is 111 Å². The molecule has 19 heavy (non-hydrogen) atoms. The Hall–Kier alpha value is -1.98. The van der Waals surface area contributed by atoms with Crippen LogP contribution in [0.1, 0.15) is 25.1 Å². The summed E-state index contributed by atoms with van der Waals surface area (Å²) in [7, 11) is 0. The van der Waals surface area contributed by atoms with Crippen molar-refractivity contribution in [3.8, 4) is 0 Å². The van der Waals surface area contributed by atoms with Gasteiger partial charge in [0.25, 0.3) is 0 Å². The van der Waals surface area contributed by atoms with Crippen molar-refractivity contribution in [2.24, 2.45) is 5.92 Å². The molecule has 1 aromatic heterocycles. The van der Waals surface area contributed by atoms with Gasteiger partial charge in [-0.2, -0.15) is 0 Å². The van der Waals surface area contributed by atoms with Gasteiger partial charge in [0.2, 0.25) is 11.8 Å². The fraction of sp³-hybridized carbons (Fsp3) is 0.538. The minimum absolute atomic E-state index is 0.000744. The molecule has 1 saturated carbocycles. The highest BCUT2D eigenvalue weighted by Gasteiger charge is 2.40. The Bertz CT molecular complexity index is 487. The molecular weight excluding hydrogens is 244 g/mol. The third kappa shape index (κ3) is 2.72. The molecule has 1 aromatic rings. The van der Waals surface area contributed by atoms with Crippen LogP contribution >= 0.6 is 0 Å². The Morgan fingerprint density at radius 3 is 2.68 bits per heavy atom. The van der Waals surface area contributed by atoms with Gasteiger partial charge in [-0.1, -0.05) is 0 Å². The zero-order valence-corrected chi connectivity index (χ0v) is 10.6. The van der Waals surface area contributed by atoms with Crippen LogP contribution < -0.4 is 5.32 Å².